The number of hydrogen-bond donors (Lipinski definition) is 1. The van der Waals surface area contributed by atoms with Gasteiger partial charge in [-0.3, -0.25) is 24.0 Å². The SMILES string of the molecule is CN1C(=O)C2C(=NC(=[N+]3CCCCCC3)N2CC(N)=O)N(C)C1=O. The lowest BCUT2D eigenvalue weighted by Gasteiger charge is -2.32. The Morgan fingerprint density at radius 1 is 1.17 bits per heavy atom. The highest BCUT2D eigenvalue weighted by atomic mass is 16.2. The number of aliphatic imine (C=N–C) groups is 1. The van der Waals surface area contributed by atoms with Crippen LogP contribution in [-0.2, 0) is 9.59 Å². The van der Waals surface area contributed by atoms with Crippen LogP contribution in [0.4, 0.5) is 4.79 Å². The molecule has 9 heteroatoms. The Bertz CT molecular complexity index is 646. The molecule has 1 unspecified atom stereocenters. The zero-order valence-corrected chi connectivity index (χ0v) is 14.1. The summed E-state index contributed by atoms with van der Waals surface area (Å²) in [6, 6.07) is -1.20. The van der Waals surface area contributed by atoms with Crippen molar-refractivity contribution < 1.29 is 19.0 Å². The fourth-order valence-corrected chi connectivity index (χ4v) is 3.44. The Kier molecular flexibility index (Phi) is 4.25. The molecule has 2 fully saturated rings. The molecule has 0 aliphatic carbocycles. The second-order valence-corrected chi connectivity index (χ2v) is 6.41. The molecule has 3 rings (SSSR count). The summed E-state index contributed by atoms with van der Waals surface area (Å²) >= 11 is 0. The van der Waals surface area contributed by atoms with Crippen molar-refractivity contribution in [1.29, 1.82) is 0 Å². The van der Waals surface area contributed by atoms with E-state index in [9.17, 15) is 14.4 Å². The second-order valence-electron chi connectivity index (χ2n) is 6.41. The van der Waals surface area contributed by atoms with E-state index in [2.05, 4.69) is 9.57 Å². The standard InChI is InChI=1S/C15H22N6O3/c1-18-12-11(13(23)19(2)15(18)24)21(9-10(16)22)14(17-12)20-7-5-3-4-6-8-20/h11H,3-9H2,1-2H3,(H-,16,22)/p+1. The highest BCUT2D eigenvalue weighted by molar-refractivity contribution is 6.25. The van der Waals surface area contributed by atoms with Crippen LogP contribution in [0.1, 0.15) is 25.7 Å². The van der Waals surface area contributed by atoms with Crippen LogP contribution in [-0.4, -0.2) is 88.7 Å². The number of fused-ring (bicyclic) bond motifs is 1. The largest absolute Gasteiger partial charge is 0.392 e. The van der Waals surface area contributed by atoms with Gasteiger partial charge in [-0.15, -0.1) is 0 Å². The predicted octanol–water partition coefficient (Wildman–Crippen LogP) is -0.979. The predicted molar refractivity (Wildman–Crippen MR) is 86.5 cm³/mol. The molecule has 0 aromatic carbocycles. The molecule has 3 aliphatic rings. The Labute approximate surface area is 140 Å². The van der Waals surface area contributed by atoms with Crippen LogP contribution >= 0.6 is 0 Å². The number of urea groups is 1. The minimum atomic E-state index is -0.775. The highest BCUT2D eigenvalue weighted by Crippen LogP contribution is 2.23. The van der Waals surface area contributed by atoms with Crippen molar-refractivity contribution in [2.24, 2.45) is 10.7 Å². The van der Waals surface area contributed by atoms with Crippen LogP contribution in [0.25, 0.3) is 0 Å². The number of guanidine groups is 1. The molecule has 0 bridgehead atoms. The summed E-state index contributed by atoms with van der Waals surface area (Å²) in [6.45, 7) is 1.52. The molecule has 2 N–H and O–H groups in total. The molecule has 0 aromatic rings. The first-order valence-electron chi connectivity index (χ1n) is 8.22. The van der Waals surface area contributed by atoms with E-state index in [1.807, 2.05) is 0 Å². The van der Waals surface area contributed by atoms with Crippen molar-refractivity contribution in [1.82, 2.24) is 14.7 Å². The topological polar surface area (TPSA) is 102 Å². The molecular formula is C15H23N6O3+. The zero-order valence-electron chi connectivity index (χ0n) is 14.1. The summed E-state index contributed by atoms with van der Waals surface area (Å²) in [4.78, 5) is 45.0. The third-order valence-electron chi connectivity index (χ3n) is 4.72. The number of nitrogens with two attached hydrogens (primary N) is 1. The van der Waals surface area contributed by atoms with Gasteiger partial charge >= 0.3 is 12.0 Å². The van der Waals surface area contributed by atoms with E-state index in [0.717, 1.165) is 43.7 Å². The van der Waals surface area contributed by atoms with Gasteiger partial charge in [0.1, 0.15) is 6.54 Å². The molecular weight excluding hydrogens is 312 g/mol. The van der Waals surface area contributed by atoms with E-state index in [-0.39, 0.29) is 12.5 Å². The van der Waals surface area contributed by atoms with E-state index in [1.165, 1.54) is 11.9 Å². The van der Waals surface area contributed by atoms with E-state index >= 15 is 0 Å². The van der Waals surface area contributed by atoms with Crippen LogP contribution in [0.5, 0.6) is 0 Å². The number of likely N-dealkylation sites (N-methyl/N-ethyl adjacent to an activating group) is 2. The quantitative estimate of drug-likeness (QED) is 0.655. The van der Waals surface area contributed by atoms with Gasteiger partial charge in [0.25, 0.3) is 11.8 Å². The molecule has 24 heavy (non-hydrogen) atoms. The first-order valence-corrected chi connectivity index (χ1v) is 8.22. The minimum Gasteiger partial charge on any atom is -0.367 e. The third kappa shape index (κ3) is 2.63. The number of rotatable bonds is 2. The molecule has 3 heterocycles. The van der Waals surface area contributed by atoms with E-state index in [4.69, 9.17) is 5.73 Å². The summed E-state index contributed by atoms with van der Waals surface area (Å²) in [5, 5.41) is 0. The first kappa shape index (κ1) is 16.4. The molecule has 2 saturated heterocycles. The Morgan fingerprint density at radius 3 is 2.38 bits per heavy atom. The molecule has 0 radical (unpaired) electrons. The highest BCUT2D eigenvalue weighted by Gasteiger charge is 2.55. The maximum absolute atomic E-state index is 12.6. The molecule has 130 valence electrons. The van der Waals surface area contributed by atoms with Crippen molar-refractivity contribution >= 4 is 29.6 Å². The Balaban J connectivity index is 2.06. The number of primary amides is 1. The molecule has 9 nitrogen and oxygen atoms in total. The Hall–Kier alpha value is -2.45. The van der Waals surface area contributed by atoms with E-state index < -0.39 is 18.0 Å². The van der Waals surface area contributed by atoms with Crippen molar-refractivity contribution in [2.45, 2.75) is 31.7 Å². The van der Waals surface area contributed by atoms with Gasteiger partial charge in [-0.05, 0) is 12.8 Å². The monoisotopic (exact) mass is 335 g/mol. The molecule has 1 atom stereocenters. The number of carbonyl (C=O) groups is 3. The van der Waals surface area contributed by atoms with Gasteiger partial charge in [0.15, 0.2) is 0 Å². The van der Waals surface area contributed by atoms with Crippen molar-refractivity contribution in [3.8, 4) is 0 Å². The smallest absolute Gasteiger partial charge is 0.367 e. The summed E-state index contributed by atoms with van der Waals surface area (Å²) in [5.74, 6) is 0.0132. The average molecular weight is 335 g/mol. The number of amides is 4. The fourth-order valence-electron chi connectivity index (χ4n) is 3.44. The zero-order chi connectivity index (χ0) is 17.4. The lowest BCUT2D eigenvalue weighted by atomic mass is 10.1. The number of carbonyl (C=O) groups excluding carboxylic acids is 3. The van der Waals surface area contributed by atoms with Gasteiger partial charge in [0.2, 0.25) is 11.9 Å². The Morgan fingerprint density at radius 2 is 1.79 bits per heavy atom. The van der Waals surface area contributed by atoms with Gasteiger partial charge in [-0.1, -0.05) is 17.8 Å². The van der Waals surface area contributed by atoms with Crippen LogP contribution in [0, 0.1) is 0 Å². The van der Waals surface area contributed by atoms with Crippen molar-refractivity contribution in [2.75, 3.05) is 33.7 Å². The lowest BCUT2D eigenvalue weighted by molar-refractivity contribution is -0.531. The first-order chi connectivity index (χ1) is 11.4. The fraction of sp³-hybridized carbons (Fsp3) is 0.667. The number of imide groups is 1. The third-order valence-corrected chi connectivity index (χ3v) is 4.72. The molecule has 0 spiro atoms. The van der Waals surface area contributed by atoms with Crippen LogP contribution in [0.2, 0.25) is 0 Å². The van der Waals surface area contributed by atoms with Gasteiger partial charge in [0, 0.05) is 14.1 Å². The summed E-state index contributed by atoms with van der Waals surface area (Å²) in [6.07, 6.45) is 4.37. The van der Waals surface area contributed by atoms with Crippen LogP contribution in [0.3, 0.4) is 0 Å². The number of amidine groups is 1. The summed E-state index contributed by atoms with van der Waals surface area (Å²) < 4.78 is 2.09. The number of hydrogen-bond acceptors (Lipinski definition) is 3. The van der Waals surface area contributed by atoms with Gasteiger partial charge in [-0.25, -0.2) is 9.69 Å². The molecule has 4 amide bonds. The van der Waals surface area contributed by atoms with E-state index in [0.29, 0.717) is 11.8 Å². The molecule has 0 aromatic heterocycles. The second kappa shape index (κ2) is 6.21. The van der Waals surface area contributed by atoms with Crippen molar-refractivity contribution in [3.63, 3.8) is 0 Å². The number of nitrogens with zero attached hydrogens (tertiary/aromatic N) is 5. The van der Waals surface area contributed by atoms with Gasteiger partial charge < -0.3 is 5.73 Å². The lowest BCUT2D eigenvalue weighted by Crippen LogP contribution is -2.63. The average Bonchev–Trinajstić information content (AvgIpc) is 2.73. The molecule has 3 aliphatic heterocycles. The van der Waals surface area contributed by atoms with Crippen LogP contribution < -0.4 is 5.73 Å². The van der Waals surface area contributed by atoms with Crippen molar-refractivity contribution in [3.05, 3.63) is 0 Å². The van der Waals surface area contributed by atoms with Gasteiger partial charge in [0.05, 0.1) is 13.1 Å². The summed E-state index contributed by atoms with van der Waals surface area (Å²) in [7, 11) is 3.02. The van der Waals surface area contributed by atoms with Gasteiger partial charge in [-0.2, -0.15) is 0 Å². The minimum absolute atomic E-state index is 0.106. The maximum atomic E-state index is 12.6. The molecule has 0 saturated carbocycles. The maximum Gasteiger partial charge on any atom is 0.392 e. The van der Waals surface area contributed by atoms with Crippen LogP contribution in [0.15, 0.2) is 4.99 Å². The summed E-state index contributed by atoms with van der Waals surface area (Å²) in [5.41, 5.74) is 5.39. The van der Waals surface area contributed by atoms with E-state index in [1.54, 1.807) is 11.9 Å². The normalized spacial score (nSPS) is 25.0.